The van der Waals surface area contributed by atoms with E-state index < -0.39 is 0 Å². The van der Waals surface area contributed by atoms with Gasteiger partial charge in [-0.15, -0.1) is 0 Å². The van der Waals surface area contributed by atoms with Crippen LogP contribution in [-0.2, 0) is 6.42 Å². The molecule has 0 radical (unpaired) electrons. The highest BCUT2D eigenvalue weighted by molar-refractivity contribution is 6.01. The van der Waals surface area contributed by atoms with E-state index in [-0.39, 0.29) is 12.2 Å². The predicted molar refractivity (Wildman–Crippen MR) is 98.1 cm³/mol. The lowest BCUT2D eigenvalue weighted by Crippen LogP contribution is -2.05. The molecule has 0 aliphatic carbocycles. The summed E-state index contributed by atoms with van der Waals surface area (Å²) in [6.07, 6.45) is 0.259. The Hall–Kier alpha value is -3.01. The Labute approximate surface area is 146 Å². The number of carbonyl (C=O) groups is 1. The lowest BCUT2D eigenvalue weighted by molar-refractivity contribution is 0.0993. The van der Waals surface area contributed by atoms with Crippen LogP contribution in [0.5, 0.6) is 17.2 Å². The maximum absolute atomic E-state index is 12.7. The summed E-state index contributed by atoms with van der Waals surface area (Å²) in [5, 5.41) is 2.17. The van der Waals surface area contributed by atoms with Gasteiger partial charge in [0, 0.05) is 12.0 Å². The van der Waals surface area contributed by atoms with Crippen LogP contribution in [0.15, 0.2) is 54.6 Å². The molecule has 0 amide bonds. The third kappa shape index (κ3) is 3.43. The smallest absolute Gasteiger partial charge is 0.203 e. The minimum atomic E-state index is 0.0417. The first-order chi connectivity index (χ1) is 12.2. The van der Waals surface area contributed by atoms with E-state index in [1.54, 1.807) is 33.5 Å². The summed E-state index contributed by atoms with van der Waals surface area (Å²) >= 11 is 0. The Morgan fingerprint density at radius 3 is 2.04 bits per heavy atom. The van der Waals surface area contributed by atoms with Crippen LogP contribution in [0.3, 0.4) is 0 Å². The van der Waals surface area contributed by atoms with Crippen molar-refractivity contribution in [2.75, 3.05) is 21.3 Å². The zero-order chi connectivity index (χ0) is 17.8. The van der Waals surface area contributed by atoms with Crippen molar-refractivity contribution >= 4 is 16.6 Å². The molecule has 3 aromatic carbocycles. The van der Waals surface area contributed by atoms with Gasteiger partial charge in [-0.1, -0.05) is 36.4 Å². The zero-order valence-corrected chi connectivity index (χ0v) is 14.5. The maximum Gasteiger partial charge on any atom is 0.203 e. The minimum Gasteiger partial charge on any atom is -0.493 e. The lowest BCUT2D eigenvalue weighted by atomic mass is 9.99. The molecule has 0 aliphatic heterocycles. The van der Waals surface area contributed by atoms with Gasteiger partial charge in [-0.2, -0.15) is 0 Å². The molecule has 0 spiro atoms. The molecular formula is C21H20O4. The highest BCUT2D eigenvalue weighted by atomic mass is 16.5. The molecule has 25 heavy (non-hydrogen) atoms. The molecule has 3 aromatic rings. The lowest BCUT2D eigenvalue weighted by Gasteiger charge is -2.14. The molecule has 0 aromatic heterocycles. The van der Waals surface area contributed by atoms with Crippen LogP contribution in [-0.4, -0.2) is 27.1 Å². The van der Waals surface area contributed by atoms with Crippen LogP contribution in [0, 0.1) is 0 Å². The van der Waals surface area contributed by atoms with E-state index in [1.807, 2.05) is 42.5 Å². The molecule has 0 heterocycles. The summed E-state index contributed by atoms with van der Waals surface area (Å²) in [7, 11) is 4.68. The molecule has 4 nitrogen and oxygen atoms in total. The van der Waals surface area contributed by atoms with Crippen LogP contribution >= 0.6 is 0 Å². The van der Waals surface area contributed by atoms with Crippen molar-refractivity contribution in [3.8, 4) is 17.2 Å². The summed E-state index contributed by atoms with van der Waals surface area (Å²) in [5.74, 6) is 1.65. The highest BCUT2D eigenvalue weighted by Crippen LogP contribution is 2.38. The Bertz CT molecular complexity index is 890. The molecule has 0 bridgehead atoms. The van der Waals surface area contributed by atoms with Crippen LogP contribution in [0.1, 0.15) is 15.9 Å². The zero-order valence-electron chi connectivity index (χ0n) is 14.5. The van der Waals surface area contributed by atoms with Gasteiger partial charge in [-0.3, -0.25) is 4.79 Å². The molecule has 0 fully saturated rings. The third-order valence-electron chi connectivity index (χ3n) is 4.16. The second kappa shape index (κ2) is 7.26. The minimum absolute atomic E-state index is 0.0417. The van der Waals surface area contributed by atoms with Crippen LogP contribution in [0.25, 0.3) is 10.8 Å². The fourth-order valence-corrected chi connectivity index (χ4v) is 2.89. The van der Waals surface area contributed by atoms with E-state index in [1.165, 1.54) is 0 Å². The Morgan fingerprint density at radius 1 is 0.800 bits per heavy atom. The van der Waals surface area contributed by atoms with Gasteiger partial charge >= 0.3 is 0 Å². The topological polar surface area (TPSA) is 44.8 Å². The first-order valence-electron chi connectivity index (χ1n) is 7.97. The highest BCUT2D eigenvalue weighted by Gasteiger charge is 2.15. The monoisotopic (exact) mass is 336 g/mol. The summed E-state index contributed by atoms with van der Waals surface area (Å²) in [6, 6.07) is 17.4. The molecule has 0 atom stereocenters. The normalized spacial score (nSPS) is 10.5. The number of fused-ring (bicyclic) bond motifs is 1. The number of hydrogen-bond donors (Lipinski definition) is 0. The van der Waals surface area contributed by atoms with E-state index in [9.17, 15) is 4.79 Å². The van der Waals surface area contributed by atoms with Crippen LogP contribution in [0.2, 0.25) is 0 Å². The molecule has 0 saturated heterocycles. The number of Topliss-reactive ketones (excluding diaryl/α,β-unsaturated/α-hetero) is 1. The fraction of sp³-hybridized carbons (Fsp3) is 0.190. The third-order valence-corrected chi connectivity index (χ3v) is 4.16. The van der Waals surface area contributed by atoms with Gasteiger partial charge in [-0.05, 0) is 34.5 Å². The summed E-state index contributed by atoms with van der Waals surface area (Å²) in [6.45, 7) is 0. The van der Waals surface area contributed by atoms with Gasteiger partial charge < -0.3 is 14.2 Å². The average Bonchev–Trinajstić information content (AvgIpc) is 2.66. The van der Waals surface area contributed by atoms with Gasteiger partial charge in [0.25, 0.3) is 0 Å². The van der Waals surface area contributed by atoms with Crippen molar-refractivity contribution in [1.29, 1.82) is 0 Å². The SMILES string of the molecule is COc1cc(CC(=O)c2ccc3ccccc3c2)cc(OC)c1OC. The largest absolute Gasteiger partial charge is 0.493 e. The quantitative estimate of drug-likeness (QED) is 0.630. The second-order valence-corrected chi connectivity index (χ2v) is 5.70. The maximum atomic E-state index is 12.7. The Kier molecular flexibility index (Phi) is 4.89. The number of carbonyl (C=O) groups excluding carboxylic acids is 1. The number of benzene rings is 3. The van der Waals surface area contributed by atoms with Crippen molar-refractivity contribution in [1.82, 2.24) is 0 Å². The van der Waals surface area contributed by atoms with E-state index in [0.717, 1.165) is 16.3 Å². The van der Waals surface area contributed by atoms with Crippen molar-refractivity contribution in [3.05, 3.63) is 65.7 Å². The molecule has 0 unspecified atom stereocenters. The number of ether oxygens (including phenoxy) is 3. The van der Waals surface area contributed by atoms with Crippen molar-refractivity contribution < 1.29 is 19.0 Å². The molecule has 0 N–H and O–H groups in total. The predicted octanol–water partition coefficient (Wildman–Crippen LogP) is 4.29. The van der Waals surface area contributed by atoms with Gasteiger partial charge in [0.05, 0.1) is 21.3 Å². The van der Waals surface area contributed by atoms with Crippen LogP contribution < -0.4 is 14.2 Å². The first-order valence-corrected chi connectivity index (χ1v) is 7.97. The number of hydrogen-bond acceptors (Lipinski definition) is 4. The Balaban J connectivity index is 1.91. The summed E-state index contributed by atoms with van der Waals surface area (Å²) < 4.78 is 16.0. The average molecular weight is 336 g/mol. The molecule has 4 heteroatoms. The molecule has 128 valence electrons. The van der Waals surface area contributed by atoms with Crippen molar-refractivity contribution in [3.63, 3.8) is 0 Å². The van der Waals surface area contributed by atoms with Gasteiger partial charge in [0.1, 0.15) is 0 Å². The second-order valence-electron chi connectivity index (χ2n) is 5.70. The van der Waals surface area contributed by atoms with E-state index in [2.05, 4.69) is 0 Å². The Morgan fingerprint density at radius 2 is 1.44 bits per heavy atom. The fourth-order valence-electron chi connectivity index (χ4n) is 2.89. The van der Waals surface area contributed by atoms with Crippen molar-refractivity contribution in [2.45, 2.75) is 6.42 Å². The number of methoxy groups -OCH3 is 3. The van der Waals surface area contributed by atoms with E-state index in [0.29, 0.717) is 22.8 Å². The van der Waals surface area contributed by atoms with Gasteiger partial charge in [0.2, 0.25) is 5.75 Å². The number of ketones is 1. The summed E-state index contributed by atoms with van der Waals surface area (Å²) in [5.41, 5.74) is 1.50. The van der Waals surface area contributed by atoms with E-state index in [4.69, 9.17) is 14.2 Å². The van der Waals surface area contributed by atoms with E-state index >= 15 is 0 Å². The number of rotatable bonds is 6. The standard InChI is InChI=1S/C21H20O4/c1-23-19-11-14(12-20(24-2)21(19)25-3)10-18(22)17-9-8-15-6-4-5-7-16(15)13-17/h4-9,11-13H,10H2,1-3H3. The van der Waals surface area contributed by atoms with Crippen molar-refractivity contribution in [2.24, 2.45) is 0 Å². The van der Waals surface area contributed by atoms with Gasteiger partial charge in [-0.25, -0.2) is 0 Å². The van der Waals surface area contributed by atoms with Crippen LogP contribution in [0.4, 0.5) is 0 Å². The molecule has 0 saturated carbocycles. The molecule has 3 rings (SSSR count). The van der Waals surface area contributed by atoms with Gasteiger partial charge in [0.15, 0.2) is 17.3 Å². The molecular weight excluding hydrogens is 316 g/mol. The summed E-state index contributed by atoms with van der Waals surface area (Å²) in [4.78, 5) is 12.7. The first kappa shape index (κ1) is 16.8. The molecule has 0 aliphatic rings.